The fourth-order valence-electron chi connectivity index (χ4n) is 4.67. The van der Waals surface area contributed by atoms with E-state index in [1.54, 1.807) is 44.7 Å². The Morgan fingerprint density at radius 3 is 2.50 bits per heavy atom. The van der Waals surface area contributed by atoms with Gasteiger partial charge in [0.1, 0.15) is 11.9 Å². The van der Waals surface area contributed by atoms with Crippen molar-refractivity contribution < 1.29 is 28.7 Å². The lowest BCUT2D eigenvalue weighted by atomic mass is 9.85. The highest BCUT2D eigenvalue weighted by Crippen LogP contribution is 2.35. The van der Waals surface area contributed by atoms with Gasteiger partial charge >= 0.3 is 12.0 Å². The van der Waals surface area contributed by atoms with Crippen molar-refractivity contribution in [2.75, 3.05) is 6.54 Å². The summed E-state index contributed by atoms with van der Waals surface area (Å²) in [5.41, 5.74) is -0.171. The summed E-state index contributed by atoms with van der Waals surface area (Å²) in [6.45, 7) is 7.29. The molecule has 2 atom stereocenters. The Morgan fingerprint density at radius 2 is 1.91 bits per heavy atom. The van der Waals surface area contributed by atoms with E-state index in [0.29, 0.717) is 18.5 Å². The van der Waals surface area contributed by atoms with Crippen molar-refractivity contribution in [1.82, 2.24) is 14.7 Å². The maximum Gasteiger partial charge on any atom is 0.327 e. The van der Waals surface area contributed by atoms with Crippen LogP contribution < -0.4 is 0 Å². The molecule has 3 rings (SSSR count). The van der Waals surface area contributed by atoms with Gasteiger partial charge in [0.05, 0.1) is 12.5 Å². The number of fused-ring (bicyclic) bond motifs is 1. The van der Waals surface area contributed by atoms with Crippen LogP contribution in [0.3, 0.4) is 0 Å². The zero-order chi connectivity index (χ0) is 23.8. The first-order valence-corrected chi connectivity index (χ1v) is 10.8. The quantitative estimate of drug-likeness (QED) is 0.693. The van der Waals surface area contributed by atoms with Gasteiger partial charge in [-0.15, -0.1) is 0 Å². The fourth-order valence-corrected chi connectivity index (χ4v) is 4.67. The van der Waals surface area contributed by atoms with Gasteiger partial charge in [0.2, 0.25) is 5.91 Å². The molecule has 1 aromatic carbocycles. The minimum atomic E-state index is -0.992. The largest absolute Gasteiger partial charge is 0.481 e. The monoisotopic (exact) mass is 447 g/mol. The summed E-state index contributed by atoms with van der Waals surface area (Å²) in [6.07, 6.45) is 0.237. The van der Waals surface area contributed by atoms with E-state index in [0.717, 1.165) is 4.90 Å². The Labute approximate surface area is 187 Å². The lowest BCUT2D eigenvalue weighted by molar-refractivity contribution is -0.149. The number of imide groups is 1. The van der Waals surface area contributed by atoms with Crippen LogP contribution in [0.1, 0.15) is 52.5 Å². The fraction of sp³-hybridized carbons (Fsp3) is 0.565. The molecule has 1 aromatic rings. The number of carbonyl (C=O) groups excluding carboxylic acids is 3. The Morgan fingerprint density at radius 1 is 1.22 bits per heavy atom. The number of hydrogen-bond donors (Lipinski definition) is 1. The molecule has 4 amide bonds. The van der Waals surface area contributed by atoms with E-state index in [4.69, 9.17) is 5.11 Å². The maximum absolute atomic E-state index is 13.7. The van der Waals surface area contributed by atoms with E-state index < -0.39 is 47.3 Å². The Hall–Kier alpha value is -2.97. The molecule has 0 spiro atoms. The van der Waals surface area contributed by atoms with Gasteiger partial charge in [-0.05, 0) is 43.4 Å². The molecule has 1 N–H and O–H groups in total. The topological polar surface area (TPSA) is 98.2 Å². The predicted octanol–water partition coefficient (Wildman–Crippen LogP) is 2.86. The molecule has 2 aliphatic rings. The average Bonchev–Trinajstić information content (AvgIpc) is 3.09. The number of urea groups is 1. The third-order valence-electron chi connectivity index (χ3n) is 6.05. The zero-order valence-electron chi connectivity index (χ0n) is 18.9. The molecular weight excluding hydrogens is 417 g/mol. The van der Waals surface area contributed by atoms with Gasteiger partial charge in [-0.25, -0.2) is 9.18 Å². The van der Waals surface area contributed by atoms with Crippen molar-refractivity contribution in [2.24, 2.45) is 5.41 Å². The lowest BCUT2D eigenvalue weighted by Gasteiger charge is -2.45. The minimum Gasteiger partial charge on any atom is -0.481 e. The molecule has 2 fully saturated rings. The molecule has 0 aliphatic carbocycles. The van der Waals surface area contributed by atoms with Crippen LogP contribution in [0, 0.1) is 11.2 Å². The first kappa shape index (κ1) is 23.7. The van der Waals surface area contributed by atoms with Crippen molar-refractivity contribution in [2.45, 2.75) is 71.6 Å². The highest BCUT2D eigenvalue weighted by atomic mass is 19.1. The molecule has 2 saturated heterocycles. The molecule has 0 radical (unpaired) electrons. The Bertz CT molecular complexity index is 932. The van der Waals surface area contributed by atoms with Crippen LogP contribution in [0.4, 0.5) is 9.18 Å². The smallest absolute Gasteiger partial charge is 0.327 e. The van der Waals surface area contributed by atoms with E-state index in [2.05, 4.69) is 0 Å². The second-order valence-corrected chi connectivity index (χ2v) is 9.64. The zero-order valence-corrected chi connectivity index (χ0v) is 18.9. The molecule has 0 bridgehead atoms. The Balaban J connectivity index is 1.89. The second kappa shape index (κ2) is 8.88. The van der Waals surface area contributed by atoms with Gasteiger partial charge in [0.15, 0.2) is 0 Å². The van der Waals surface area contributed by atoms with Crippen LogP contribution in [0.2, 0.25) is 0 Å². The summed E-state index contributed by atoms with van der Waals surface area (Å²) in [6, 6.07) is 3.75. The molecule has 0 saturated carbocycles. The molecule has 9 heteroatoms. The summed E-state index contributed by atoms with van der Waals surface area (Å²) in [7, 11) is 0. The molecule has 2 aliphatic heterocycles. The van der Waals surface area contributed by atoms with Crippen molar-refractivity contribution in [1.29, 1.82) is 0 Å². The summed E-state index contributed by atoms with van der Waals surface area (Å²) in [5.74, 6) is -2.13. The number of hydrogen-bond acceptors (Lipinski definition) is 4. The highest BCUT2D eigenvalue weighted by molar-refractivity contribution is 6.02. The first-order chi connectivity index (χ1) is 14.9. The van der Waals surface area contributed by atoms with Crippen LogP contribution >= 0.6 is 0 Å². The Kier molecular flexibility index (Phi) is 6.57. The number of rotatable bonds is 7. The summed E-state index contributed by atoms with van der Waals surface area (Å²) >= 11 is 0. The average molecular weight is 448 g/mol. The van der Waals surface area contributed by atoms with Crippen LogP contribution in [-0.2, 0) is 20.9 Å². The number of carbonyl (C=O) groups is 4. The summed E-state index contributed by atoms with van der Waals surface area (Å²) < 4.78 is 13.7. The minimum absolute atomic E-state index is 0.0185. The van der Waals surface area contributed by atoms with Crippen molar-refractivity contribution >= 4 is 23.8 Å². The number of aliphatic carboxylic acids is 1. The second-order valence-electron chi connectivity index (χ2n) is 9.64. The number of nitrogens with zero attached hydrogens (tertiary/aromatic N) is 3. The van der Waals surface area contributed by atoms with Crippen molar-refractivity contribution in [3.8, 4) is 0 Å². The van der Waals surface area contributed by atoms with Crippen LogP contribution in [0.5, 0.6) is 0 Å². The first-order valence-electron chi connectivity index (χ1n) is 10.8. The molecule has 32 heavy (non-hydrogen) atoms. The van der Waals surface area contributed by atoms with E-state index in [-0.39, 0.29) is 25.3 Å². The third-order valence-corrected chi connectivity index (χ3v) is 6.05. The van der Waals surface area contributed by atoms with E-state index in [1.807, 2.05) is 0 Å². The molecule has 0 unspecified atom stereocenters. The standard InChI is InChI=1S/C23H30FN3O5/c1-14(2)27-21(31)20-17(26(22(27)32)13-15-6-5-7-16(24)10-15)8-9-25(20)18(28)11-23(3,4)12-19(29)30/h5-7,10,14,17,20H,8-9,11-13H2,1-4H3,(H,29,30)/t17-,20+/m1/s1. The third kappa shape index (κ3) is 4.76. The van der Waals surface area contributed by atoms with E-state index in [1.165, 1.54) is 17.0 Å². The van der Waals surface area contributed by atoms with Crippen molar-refractivity contribution in [3.05, 3.63) is 35.6 Å². The van der Waals surface area contributed by atoms with Gasteiger partial charge < -0.3 is 14.9 Å². The van der Waals surface area contributed by atoms with E-state index in [9.17, 15) is 23.6 Å². The molecule has 8 nitrogen and oxygen atoms in total. The van der Waals surface area contributed by atoms with Crippen LogP contribution in [-0.4, -0.2) is 68.3 Å². The normalized spacial score (nSPS) is 21.4. The number of benzene rings is 1. The maximum atomic E-state index is 13.7. The number of amides is 4. The number of carboxylic acid groups (broad SMARTS) is 1. The van der Waals surface area contributed by atoms with Crippen molar-refractivity contribution in [3.63, 3.8) is 0 Å². The van der Waals surface area contributed by atoms with Gasteiger partial charge in [-0.3, -0.25) is 19.3 Å². The number of carboxylic acids is 1. The van der Waals surface area contributed by atoms with Gasteiger partial charge in [0.25, 0.3) is 5.91 Å². The molecular formula is C23H30FN3O5. The van der Waals surface area contributed by atoms with Crippen LogP contribution in [0.15, 0.2) is 24.3 Å². The summed E-state index contributed by atoms with van der Waals surface area (Å²) in [4.78, 5) is 55.0. The molecule has 2 heterocycles. The van der Waals surface area contributed by atoms with Gasteiger partial charge in [0, 0.05) is 25.6 Å². The SMILES string of the molecule is CC(C)N1C(=O)[C@@H]2[C@@H](CCN2C(=O)CC(C)(C)CC(=O)O)N(Cc2cccc(F)c2)C1=O. The number of likely N-dealkylation sites (tertiary alicyclic amines) is 1. The molecule has 0 aromatic heterocycles. The van der Waals surface area contributed by atoms with Crippen LogP contribution in [0.25, 0.3) is 0 Å². The van der Waals surface area contributed by atoms with Gasteiger partial charge in [-0.1, -0.05) is 26.0 Å². The van der Waals surface area contributed by atoms with Gasteiger partial charge in [-0.2, -0.15) is 0 Å². The highest BCUT2D eigenvalue weighted by Gasteiger charge is 2.54. The molecule has 174 valence electrons. The van der Waals surface area contributed by atoms with E-state index >= 15 is 0 Å². The summed E-state index contributed by atoms with van der Waals surface area (Å²) in [5, 5.41) is 9.12. The number of halogens is 1. The predicted molar refractivity (Wildman–Crippen MR) is 114 cm³/mol. The lowest BCUT2D eigenvalue weighted by Crippen LogP contribution is -2.67.